The van der Waals surface area contributed by atoms with Crippen LogP contribution < -0.4 is 4.74 Å². The Bertz CT molecular complexity index is 768. The molecule has 1 aliphatic rings. The lowest BCUT2D eigenvalue weighted by Gasteiger charge is -2.11. The first-order chi connectivity index (χ1) is 11.4. The van der Waals surface area contributed by atoms with Crippen LogP contribution >= 0.6 is 22.9 Å². The molecule has 1 aliphatic carbocycles. The second kappa shape index (κ2) is 6.73. The Labute approximate surface area is 152 Å². The number of halogens is 1. The van der Waals surface area contributed by atoms with Gasteiger partial charge >= 0.3 is 0 Å². The maximum absolute atomic E-state index is 6.40. The Balaban J connectivity index is 1.78. The Morgan fingerprint density at radius 1 is 1.38 bits per heavy atom. The molecule has 2 aromatic rings. The lowest BCUT2D eigenvalue weighted by atomic mass is 10.1. The van der Waals surface area contributed by atoms with Gasteiger partial charge in [0, 0.05) is 19.0 Å². The Morgan fingerprint density at radius 2 is 2.12 bits per heavy atom. The summed E-state index contributed by atoms with van der Waals surface area (Å²) in [5.74, 6) is 0.815. The van der Waals surface area contributed by atoms with E-state index in [-0.39, 0.29) is 4.87 Å². The van der Waals surface area contributed by atoms with Crippen LogP contribution in [0.2, 0.25) is 0 Å². The highest BCUT2D eigenvalue weighted by Gasteiger charge is 2.44. The van der Waals surface area contributed by atoms with Crippen molar-refractivity contribution in [2.45, 2.75) is 38.5 Å². The number of benzene rings is 1. The van der Waals surface area contributed by atoms with Crippen LogP contribution in [0, 0.1) is 13.8 Å². The fraction of sp³-hybridized carbons (Fsp3) is 0.444. The van der Waals surface area contributed by atoms with Gasteiger partial charge in [-0.2, -0.15) is 0 Å². The monoisotopic (exact) mass is 363 g/mol. The molecular weight excluding hydrogens is 342 g/mol. The fourth-order valence-corrected chi connectivity index (χ4v) is 3.27. The van der Waals surface area contributed by atoms with Crippen LogP contribution in [-0.4, -0.2) is 29.8 Å². The second-order valence-corrected chi connectivity index (χ2v) is 7.83. The predicted octanol–water partition coefficient (Wildman–Crippen LogP) is 5.39. The molecule has 0 aliphatic heterocycles. The molecule has 24 heavy (non-hydrogen) atoms. The van der Waals surface area contributed by atoms with Gasteiger partial charge in [0.2, 0.25) is 0 Å². The number of thiazole rings is 1. The number of hydrogen-bond acceptors (Lipinski definition) is 4. The molecule has 0 bridgehead atoms. The first-order valence-electron chi connectivity index (χ1n) is 8.10. The third kappa shape index (κ3) is 3.73. The minimum Gasteiger partial charge on any atom is -0.431 e. The summed E-state index contributed by atoms with van der Waals surface area (Å²) in [5.41, 5.74) is 4.00. The lowest BCUT2D eigenvalue weighted by Crippen LogP contribution is -2.14. The molecule has 1 heterocycles. The number of hydrogen-bond donors (Lipinski definition) is 0. The van der Waals surface area contributed by atoms with Crippen LogP contribution in [0.25, 0.3) is 0 Å². The molecule has 1 fully saturated rings. The van der Waals surface area contributed by atoms with E-state index in [1.165, 1.54) is 11.3 Å². The molecule has 128 valence electrons. The van der Waals surface area contributed by atoms with E-state index in [1.807, 2.05) is 49.6 Å². The SMILES string of the molecule is CCN(C)/C=N/c1cc(C)c(Oc2nc(C3(Cl)CC3)cs2)cc1C. The van der Waals surface area contributed by atoms with Crippen molar-refractivity contribution >= 4 is 35.0 Å². The number of alkyl halides is 1. The highest BCUT2D eigenvalue weighted by molar-refractivity contribution is 7.11. The van der Waals surface area contributed by atoms with Crippen LogP contribution in [0.4, 0.5) is 5.69 Å². The molecule has 0 N–H and O–H groups in total. The molecule has 6 heteroatoms. The minimum atomic E-state index is -0.243. The number of nitrogens with zero attached hydrogens (tertiary/aromatic N) is 3. The van der Waals surface area contributed by atoms with Crippen molar-refractivity contribution in [2.24, 2.45) is 4.99 Å². The van der Waals surface area contributed by atoms with Gasteiger partial charge in [-0.05, 0) is 56.9 Å². The molecule has 4 nitrogen and oxygen atoms in total. The maximum Gasteiger partial charge on any atom is 0.278 e. The van der Waals surface area contributed by atoms with Crippen LogP contribution in [-0.2, 0) is 4.87 Å². The zero-order valence-electron chi connectivity index (χ0n) is 14.5. The zero-order valence-corrected chi connectivity index (χ0v) is 16.0. The van der Waals surface area contributed by atoms with E-state index in [2.05, 4.69) is 16.9 Å². The van der Waals surface area contributed by atoms with Gasteiger partial charge in [0.25, 0.3) is 5.19 Å². The van der Waals surface area contributed by atoms with Crippen molar-refractivity contribution < 1.29 is 4.74 Å². The average molecular weight is 364 g/mol. The van der Waals surface area contributed by atoms with Crippen LogP contribution in [0.5, 0.6) is 10.9 Å². The molecule has 0 radical (unpaired) electrons. The number of aliphatic imine (C=N–C) groups is 1. The Hall–Kier alpha value is -1.59. The summed E-state index contributed by atoms with van der Waals surface area (Å²) in [5, 5.41) is 2.64. The first kappa shape index (κ1) is 17.2. The molecule has 0 saturated heterocycles. The van der Waals surface area contributed by atoms with Crippen LogP contribution in [0.3, 0.4) is 0 Å². The van der Waals surface area contributed by atoms with E-state index in [4.69, 9.17) is 16.3 Å². The van der Waals surface area contributed by atoms with Gasteiger partial charge in [-0.3, -0.25) is 0 Å². The maximum atomic E-state index is 6.40. The smallest absolute Gasteiger partial charge is 0.278 e. The summed E-state index contributed by atoms with van der Waals surface area (Å²) in [4.78, 5) is 10.9. The first-order valence-corrected chi connectivity index (χ1v) is 9.35. The van der Waals surface area contributed by atoms with Crippen LogP contribution in [0.15, 0.2) is 22.5 Å². The van der Waals surface area contributed by atoms with Gasteiger partial charge in [-0.25, -0.2) is 9.98 Å². The molecule has 1 aromatic heterocycles. The second-order valence-electron chi connectivity index (χ2n) is 6.29. The molecule has 3 rings (SSSR count). The van der Waals surface area contributed by atoms with E-state index >= 15 is 0 Å². The Kier molecular flexibility index (Phi) is 4.83. The van der Waals surface area contributed by atoms with Crippen molar-refractivity contribution in [1.29, 1.82) is 0 Å². The van der Waals surface area contributed by atoms with Gasteiger partial charge in [0.05, 0.1) is 22.6 Å². The zero-order chi connectivity index (χ0) is 17.3. The van der Waals surface area contributed by atoms with Crippen molar-refractivity contribution in [2.75, 3.05) is 13.6 Å². The number of aryl methyl sites for hydroxylation is 2. The highest BCUT2D eigenvalue weighted by atomic mass is 35.5. The summed E-state index contributed by atoms with van der Waals surface area (Å²) in [6.45, 7) is 7.08. The third-order valence-corrected chi connectivity index (χ3v) is 5.50. The largest absolute Gasteiger partial charge is 0.431 e. The van der Waals surface area contributed by atoms with Crippen molar-refractivity contribution in [3.8, 4) is 10.9 Å². The van der Waals surface area contributed by atoms with E-state index in [1.54, 1.807) is 0 Å². The number of ether oxygens (including phenoxy) is 1. The minimum absolute atomic E-state index is 0.243. The van der Waals surface area contributed by atoms with Gasteiger partial charge in [-0.1, -0.05) is 11.3 Å². The standard InChI is InChI=1S/C18H22ClN3OS/c1-5-22(4)11-20-14-8-13(3)15(9-12(14)2)23-17-21-16(10-24-17)18(19)6-7-18/h8-11H,5-7H2,1-4H3/b20-11+. The summed E-state index contributed by atoms with van der Waals surface area (Å²) in [6.07, 6.45) is 3.84. The lowest BCUT2D eigenvalue weighted by molar-refractivity contribution is 0.473. The van der Waals surface area contributed by atoms with Gasteiger partial charge in [0.1, 0.15) is 5.75 Å². The molecule has 0 spiro atoms. The fourth-order valence-electron chi connectivity index (χ4n) is 2.24. The van der Waals surface area contributed by atoms with Gasteiger partial charge < -0.3 is 9.64 Å². The van der Waals surface area contributed by atoms with Crippen molar-refractivity contribution in [1.82, 2.24) is 9.88 Å². The molecule has 0 unspecified atom stereocenters. The molecule has 0 atom stereocenters. The summed E-state index contributed by atoms with van der Waals surface area (Å²) in [6, 6.07) is 4.06. The van der Waals surface area contributed by atoms with E-state index < -0.39 is 0 Å². The number of aromatic nitrogens is 1. The highest BCUT2D eigenvalue weighted by Crippen LogP contribution is 2.52. The third-order valence-electron chi connectivity index (χ3n) is 4.21. The molecular formula is C18H22ClN3OS. The molecule has 1 aromatic carbocycles. The number of rotatable bonds is 6. The summed E-state index contributed by atoms with van der Waals surface area (Å²) in [7, 11) is 2.01. The average Bonchev–Trinajstić information content (AvgIpc) is 3.12. The molecule has 0 amide bonds. The van der Waals surface area contributed by atoms with Crippen molar-refractivity contribution in [3.05, 3.63) is 34.3 Å². The van der Waals surface area contributed by atoms with E-state index in [9.17, 15) is 0 Å². The van der Waals surface area contributed by atoms with E-state index in [0.29, 0.717) is 5.19 Å². The molecule has 1 saturated carbocycles. The van der Waals surface area contributed by atoms with Gasteiger partial charge in [0.15, 0.2) is 0 Å². The summed E-state index contributed by atoms with van der Waals surface area (Å²) >= 11 is 7.90. The predicted molar refractivity (Wildman–Crippen MR) is 101 cm³/mol. The van der Waals surface area contributed by atoms with Crippen LogP contribution in [0.1, 0.15) is 36.6 Å². The quantitative estimate of drug-likeness (QED) is 0.392. The topological polar surface area (TPSA) is 37.7 Å². The van der Waals surface area contributed by atoms with Crippen molar-refractivity contribution in [3.63, 3.8) is 0 Å². The Morgan fingerprint density at radius 3 is 2.79 bits per heavy atom. The summed E-state index contributed by atoms with van der Waals surface area (Å²) < 4.78 is 5.98. The van der Waals surface area contributed by atoms with Gasteiger partial charge in [-0.15, -0.1) is 11.6 Å². The van der Waals surface area contributed by atoms with E-state index in [0.717, 1.165) is 47.6 Å². The normalized spacial score (nSPS) is 15.7.